The van der Waals surface area contributed by atoms with Crippen molar-refractivity contribution in [2.45, 2.75) is 13.8 Å². The molecule has 0 saturated carbocycles. The van der Waals surface area contributed by atoms with E-state index in [9.17, 15) is 19.2 Å². The van der Waals surface area contributed by atoms with Gasteiger partial charge in [-0.05, 0) is 13.8 Å². The Morgan fingerprint density at radius 1 is 0.684 bits per heavy atom. The lowest BCUT2D eigenvalue weighted by molar-refractivity contribution is -0.153. The van der Waals surface area contributed by atoms with E-state index >= 15 is 0 Å². The van der Waals surface area contributed by atoms with E-state index in [0.29, 0.717) is 0 Å². The van der Waals surface area contributed by atoms with Crippen LogP contribution < -0.4 is 0 Å². The van der Waals surface area contributed by atoms with E-state index < -0.39 is 23.9 Å². The van der Waals surface area contributed by atoms with Crippen LogP contribution in [0.5, 0.6) is 0 Å². The molecule has 0 spiro atoms. The summed E-state index contributed by atoms with van der Waals surface area (Å²) in [5, 5.41) is 0. The van der Waals surface area contributed by atoms with E-state index in [0.717, 1.165) is 24.3 Å². The SMILES string of the molecule is CCOC(=O)C=CC(=O)OC(=O)C=CC(=O)OCC. The van der Waals surface area contributed by atoms with Gasteiger partial charge in [0.15, 0.2) is 0 Å². The minimum absolute atomic E-state index is 0.166. The fourth-order valence-electron chi connectivity index (χ4n) is 0.820. The van der Waals surface area contributed by atoms with E-state index in [1.54, 1.807) is 13.8 Å². The van der Waals surface area contributed by atoms with Crippen LogP contribution in [-0.4, -0.2) is 37.1 Å². The van der Waals surface area contributed by atoms with Crippen LogP contribution in [0.4, 0.5) is 0 Å². The summed E-state index contributed by atoms with van der Waals surface area (Å²) >= 11 is 0. The smallest absolute Gasteiger partial charge is 0.338 e. The molecule has 0 saturated heterocycles. The molecule has 0 fully saturated rings. The zero-order valence-electron chi connectivity index (χ0n) is 10.6. The molecule has 0 heterocycles. The van der Waals surface area contributed by atoms with Gasteiger partial charge in [0.25, 0.3) is 0 Å². The fraction of sp³-hybridized carbons (Fsp3) is 0.333. The molecule has 0 aromatic carbocycles. The number of ether oxygens (including phenoxy) is 3. The molecule has 0 amide bonds. The van der Waals surface area contributed by atoms with Crippen LogP contribution in [0.25, 0.3) is 0 Å². The summed E-state index contributed by atoms with van der Waals surface area (Å²) < 4.78 is 13.3. The zero-order chi connectivity index (χ0) is 14.7. The van der Waals surface area contributed by atoms with E-state index in [-0.39, 0.29) is 13.2 Å². The number of hydrogen-bond donors (Lipinski definition) is 0. The molecule has 0 atom stereocenters. The minimum Gasteiger partial charge on any atom is -0.463 e. The Labute approximate surface area is 109 Å². The molecule has 19 heavy (non-hydrogen) atoms. The van der Waals surface area contributed by atoms with E-state index in [1.807, 2.05) is 0 Å². The lowest BCUT2D eigenvalue weighted by Gasteiger charge is -1.96. The van der Waals surface area contributed by atoms with Crippen molar-refractivity contribution in [2.24, 2.45) is 0 Å². The van der Waals surface area contributed by atoms with Gasteiger partial charge < -0.3 is 14.2 Å². The molecule has 0 aromatic rings. The topological polar surface area (TPSA) is 96.0 Å². The van der Waals surface area contributed by atoms with Crippen molar-refractivity contribution < 1.29 is 33.4 Å². The van der Waals surface area contributed by atoms with E-state index in [2.05, 4.69) is 14.2 Å². The molecule has 0 radical (unpaired) electrons. The number of rotatable bonds is 6. The number of hydrogen-bond acceptors (Lipinski definition) is 7. The first-order valence-electron chi connectivity index (χ1n) is 5.45. The monoisotopic (exact) mass is 270 g/mol. The maximum absolute atomic E-state index is 11.0. The molecule has 0 rings (SSSR count). The van der Waals surface area contributed by atoms with Gasteiger partial charge in [0.05, 0.1) is 13.2 Å². The van der Waals surface area contributed by atoms with Crippen LogP contribution in [0.2, 0.25) is 0 Å². The van der Waals surface area contributed by atoms with Crippen LogP contribution in [0.3, 0.4) is 0 Å². The lowest BCUT2D eigenvalue weighted by Crippen LogP contribution is -2.09. The average molecular weight is 270 g/mol. The Morgan fingerprint density at radius 3 is 1.32 bits per heavy atom. The van der Waals surface area contributed by atoms with Crippen LogP contribution >= 0.6 is 0 Å². The number of carbonyl (C=O) groups is 4. The fourth-order valence-corrected chi connectivity index (χ4v) is 0.820. The second-order valence-electron chi connectivity index (χ2n) is 2.91. The predicted molar refractivity (Wildman–Crippen MR) is 62.6 cm³/mol. The highest BCUT2D eigenvalue weighted by atomic mass is 16.6. The van der Waals surface area contributed by atoms with Gasteiger partial charge in [-0.15, -0.1) is 0 Å². The maximum Gasteiger partial charge on any atom is 0.338 e. The highest BCUT2D eigenvalue weighted by Crippen LogP contribution is 1.89. The van der Waals surface area contributed by atoms with E-state index in [4.69, 9.17) is 0 Å². The molecule has 0 unspecified atom stereocenters. The van der Waals surface area contributed by atoms with Crippen LogP contribution in [0.1, 0.15) is 13.8 Å². The Morgan fingerprint density at radius 2 is 1.00 bits per heavy atom. The van der Waals surface area contributed by atoms with Gasteiger partial charge in [0, 0.05) is 24.3 Å². The summed E-state index contributed by atoms with van der Waals surface area (Å²) in [6.45, 7) is 3.54. The van der Waals surface area contributed by atoms with Gasteiger partial charge >= 0.3 is 23.9 Å². The van der Waals surface area contributed by atoms with E-state index in [1.165, 1.54) is 0 Å². The summed E-state index contributed by atoms with van der Waals surface area (Å²) in [7, 11) is 0. The molecule has 7 heteroatoms. The van der Waals surface area contributed by atoms with Gasteiger partial charge in [0.1, 0.15) is 0 Å². The normalized spacial score (nSPS) is 10.4. The third-order valence-electron chi connectivity index (χ3n) is 1.49. The third-order valence-corrected chi connectivity index (χ3v) is 1.49. The van der Waals surface area contributed by atoms with Gasteiger partial charge in [-0.1, -0.05) is 0 Å². The lowest BCUT2D eigenvalue weighted by atomic mass is 10.5. The minimum atomic E-state index is -1.05. The Hall–Kier alpha value is -2.44. The van der Waals surface area contributed by atoms with Crippen molar-refractivity contribution in [1.82, 2.24) is 0 Å². The molecular formula is C12H14O7. The van der Waals surface area contributed by atoms with Crippen molar-refractivity contribution >= 4 is 23.9 Å². The molecular weight excluding hydrogens is 256 g/mol. The summed E-state index contributed by atoms with van der Waals surface area (Å²) in [6.07, 6.45) is 3.14. The van der Waals surface area contributed by atoms with Gasteiger partial charge in [0.2, 0.25) is 0 Å². The molecule has 0 aliphatic rings. The van der Waals surface area contributed by atoms with Crippen LogP contribution in [-0.2, 0) is 33.4 Å². The molecule has 7 nitrogen and oxygen atoms in total. The molecule has 104 valence electrons. The Balaban J connectivity index is 4.16. The highest BCUT2D eigenvalue weighted by molar-refractivity contribution is 6.00. The predicted octanol–water partition coefficient (Wildman–Crippen LogP) is 0.295. The van der Waals surface area contributed by atoms with Crippen molar-refractivity contribution in [1.29, 1.82) is 0 Å². The Bertz CT molecular complexity index is 368. The maximum atomic E-state index is 11.0. The molecule has 0 aromatic heterocycles. The number of esters is 4. The second-order valence-corrected chi connectivity index (χ2v) is 2.91. The summed E-state index contributed by atoms with van der Waals surface area (Å²) in [4.78, 5) is 43.8. The molecule has 0 N–H and O–H groups in total. The van der Waals surface area contributed by atoms with Crippen molar-refractivity contribution in [2.75, 3.05) is 13.2 Å². The summed E-state index contributed by atoms with van der Waals surface area (Å²) in [5.74, 6) is -3.55. The van der Waals surface area contributed by atoms with Gasteiger partial charge in [-0.2, -0.15) is 0 Å². The number of carbonyl (C=O) groups excluding carboxylic acids is 4. The van der Waals surface area contributed by atoms with Crippen LogP contribution in [0, 0.1) is 0 Å². The molecule has 0 aliphatic carbocycles. The largest absolute Gasteiger partial charge is 0.463 e. The molecule has 0 bridgehead atoms. The Kier molecular flexibility index (Phi) is 8.35. The van der Waals surface area contributed by atoms with Crippen molar-refractivity contribution in [3.63, 3.8) is 0 Å². The highest BCUT2D eigenvalue weighted by Gasteiger charge is 2.06. The van der Waals surface area contributed by atoms with Gasteiger partial charge in [-0.25, -0.2) is 19.2 Å². The average Bonchev–Trinajstić information content (AvgIpc) is 2.35. The first-order chi connectivity index (χ1) is 8.99. The summed E-state index contributed by atoms with van der Waals surface area (Å²) in [5.41, 5.74) is 0. The molecule has 0 aliphatic heterocycles. The quantitative estimate of drug-likeness (QED) is 0.296. The zero-order valence-corrected chi connectivity index (χ0v) is 10.6. The van der Waals surface area contributed by atoms with Crippen LogP contribution in [0.15, 0.2) is 24.3 Å². The first-order valence-corrected chi connectivity index (χ1v) is 5.45. The van der Waals surface area contributed by atoms with Crippen molar-refractivity contribution in [3.8, 4) is 0 Å². The summed E-state index contributed by atoms with van der Waals surface area (Å²) in [6, 6.07) is 0. The van der Waals surface area contributed by atoms with Crippen molar-refractivity contribution in [3.05, 3.63) is 24.3 Å². The standard InChI is InChI=1S/C12H14O7/c1-3-17-9(13)5-7-11(15)19-12(16)8-6-10(14)18-4-2/h5-8H,3-4H2,1-2H3. The first kappa shape index (κ1) is 16.6. The second kappa shape index (κ2) is 9.58. The third kappa shape index (κ3) is 9.28. The van der Waals surface area contributed by atoms with Gasteiger partial charge in [-0.3, -0.25) is 0 Å².